The van der Waals surface area contributed by atoms with E-state index >= 15 is 0 Å². The van der Waals surface area contributed by atoms with Crippen LogP contribution in [-0.2, 0) is 4.79 Å². The van der Waals surface area contributed by atoms with Crippen LogP contribution in [0.1, 0.15) is 37.0 Å². The van der Waals surface area contributed by atoms with Gasteiger partial charge in [0.15, 0.2) is 0 Å². The van der Waals surface area contributed by atoms with Crippen LogP contribution in [0.3, 0.4) is 0 Å². The molecule has 0 bridgehead atoms. The SMILES string of the molecule is CC(C)=CCN1CCC(NC(=O)CSc2ccc(C(N)=O)cc2[N+](=O)[O-])CC1. The third kappa shape index (κ3) is 6.65. The van der Waals surface area contributed by atoms with E-state index in [0.29, 0.717) is 4.90 Å². The fourth-order valence-electron chi connectivity index (χ4n) is 2.92. The molecule has 2 rings (SSSR count). The predicted octanol–water partition coefficient (Wildman–Crippen LogP) is 2.33. The molecular formula is C19H26N4O4S. The fourth-order valence-corrected chi connectivity index (χ4v) is 3.74. The van der Waals surface area contributed by atoms with E-state index in [4.69, 9.17) is 5.73 Å². The molecule has 8 nitrogen and oxygen atoms in total. The van der Waals surface area contributed by atoms with Crippen molar-refractivity contribution < 1.29 is 14.5 Å². The normalized spacial score (nSPS) is 15.1. The van der Waals surface area contributed by atoms with Crippen LogP contribution in [0.5, 0.6) is 0 Å². The summed E-state index contributed by atoms with van der Waals surface area (Å²) in [6.45, 7) is 6.96. The molecule has 1 saturated heterocycles. The first-order valence-corrected chi connectivity index (χ1v) is 10.1. The van der Waals surface area contributed by atoms with E-state index in [0.717, 1.165) is 50.3 Å². The molecule has 1 aliphatic rings. The molecule has 9 heteroatoms. The summed E-state index contributed by atoms with van der Waals surface area (Å²) in [5.41, 5.74) is 6.31. The van der Waals surface area contributed by atoms with Gasteiger partial charge in [-0.25, -0.2) is 0 Å². The predicted molar refractivity (Wildman–Crippen MR) is 109 cm³/mol. The number of rotatable bonds is 8. The first-order chi connectivity index (χ1) is 13.3. The van der Waals surface area contributed by atoms with Crippen molar-refractivity contribution >= 4 is 29.3 Å². The van der Waals surface area contributed by atoms with Crippen molar-refractivity contribution in [1.82, 2.24) is 10.2 Å². The molecule has 0 aromatic heterocycles. The maximum absolute atomic E-state index is 12.2. The second-order valence-corrected chi connectivity index (χ2v) is 8.03. The van der Waals surface area contributed by atoms with Crippen molar-refractivity contribution in [2.75, 3.05) is 25.4 Å². The van der Waals surface area contributed by atoms with Gasteiger partial charge in [0, 0.05) is 37.3 Å². The van der Waals surface area contributed by atoms with Gasteiger partial charge in [-0.3, -0.25) is 24.6 Å². The second-order valence-electron chi connectivity index (χ2n) is 7.02. The Morgan fingerprint density at radius 1 is 1.36 bits per heavy atom. The second kappa shape index (κ2) is 10.2. The summed E-state index contributed by atoms with van der Waals surface area (Å²) in [6, 6.07) is 4.16. The van der Waals surface area contributed by atoms with Crippen LogP contribution in [0, 0.1) is 10.1 Å². The number of nitrogens with two attached hydrogens (primary N) is 1. The number of hydrogen-bond acceptors (Lipinski definition) is 6. The Morgan fingerprint density at radius 3 is 2.61 bits per heavy atom. The lowest BCUT2D eigenvalue weighted by Gasteiger charge is -2.31. The van der Waals surface area contributed by atoms with Gasteiger partial charge in [0.2, 0.25) is 11.8 Å². The molecule has 0 aliphatic carbocycles. The number of carbonyl (C=O) groups is 2. The summed E-state index contributed by atoms with van der Waals surface area (Å²) in [7, 11) is 0. The number of amides is 2. The van der Waals surface area contributed by atoms with Crippen LogP contribution in [0.15, 0.2) is 34.7 Å². The number of thioether (sulfide) groups is 1. The number of nitrogens with zero attached hydrogens (tertiary/aromatic N) is 2. The standard InChI is InChI=1S/C19H26N4O4S/c1-13(2)5-8-22-9-6-15(7-10-22)21-18(24)12-28-17-4-3-14(19(20)25)11-16(17)23(26)27/h3-5,11,15H,6-10,12H2,1-2H3,(H2,20,25)(H,21,24). The van der Waals surface area contributed by atoms with E-state index < -0.39 is 10.8 Å². The molecule has 0 radical (unpaired) electrons. The summed E-state index contributed by atoms with van der Waals surface area (Å²) in [5, 5.41) is 14.2. The quantitative estimate of drug-likeness (QED) is 0.296. The van der Waals surface area contributed by atoms with Gasteiger partial charge in [-0.1, -0.05) is 11.6 Å². The number of nitrogens with one attached hydrogen (secondary N) is 1. The summed E-state index contributed by atoms with van der Waals surface area (Å²) >= 11 is 1.08. The van der Waals surface area contributed by atoms with E-state index in [-0.39, 0.29) is 29.0 Å². The Morgan fingerprint density at radius 2 is 2.04 bits per heavy atom. The molecule has 0 unspecified atom stereocenters. The average Bonchev–Trinajstić information content (AvgIpc) is 2.65. The smallest absolute Gasteiger partial charge is 0.283 e. The van der Waals surface area contributed by atoms with Crippen molar-refractivity contribution in [3.05, 3.63) is 45.5 Å². The molecule has 2 amide bonds. The summed E-state index contributed by atoms with van der Waals surface area (Å²) in [6.07, 6.45) is 3.98. The molecule has 1 heterocycles. The van der Waals surface area contributed by atoms with E-state index in [1.807, 2.05) is 0 Å². The minimum atomic E-state index is -0.728. The van der Waals surface area contributed by atoms with Gasteiger partial charge in [0.1, 0.15) is 0 Å². The molecule has 28 heavy (non-hydrogen) atoms. The van der Waals surface area contributed by atoms with Gasteiger partial charge in [-0.15, -0.1) is 11.8 Å². The first-order valence-electron chi connectivity index (χ1n) is 9.12. The highest BCUT2D eigenvalue weighted by molar-refractivity contribution is 8.00. The molecule has 1 aromatic rings. The number of allylic oxidation sites excluding steroid dienone is 1. The lowest BCUT2D eigenvalue weighted by atomic mass is 10.0. The van der Waals surface area contributed by atoms with Crippen LogP contribution < -0.4 is 11.1 Å². The van der Waals surface area contributed by atoms with Crippen molar-refractivity contribution in [1.29, 1.82) is 0 Å². The maximum atomic E-state index is 12.2. The molecule has 3 N–H and O–H groups in total. The van der Waals surface area contributed by atoms with E-state index in [1.54, 1.807) is 0 Å². The Kier molecular flexibility index (Phi) is 8.01. The highest BCUT2D eigenvalue weighted by Gasteiger charge is 2.21. The van der Waals surface area contributed by atoms with Gasteiger partial charge in [-0.05, 0) is 38.8 Å². The average molecular weight is 407 g/mol. The molecule has 1 aliphatic heterocycles. The highest BCUT2D eigenvalue weighted by Crippen LogP contribution is 2.30. The van der Waals surface area contributed by atoms with Crippen LogP contribution in [0.2, 0.25) is 0 Å². The number of likely N-dealkylation sites (tertiary alicyclic amines) is 1. The molecule has 0 atom stereocenters. The number of benzene rings is 1. The monoisotopic (exact) mass is 406 g/mol. The Hall–Kier alpha value is -2.39. The van der Waals surface area contributed by atoms with Crippen LogP contribution in [0.4, 0.5) is 5.69 Å². The summed E-state index contributed by atoms with van der Waals surface area (Å²) in [4.78, 5) is 36.8. The third-order valence-corrected chi connectivity index (χ3v) is 5.57. The van der Waals surface area contributed by atoms with Crippen molar-refractivity contribution in [2.24, 2.45) is 5.73 Å². The first kappa shape index (κ1) is 21.9. The van der Waals surface area contributed by atoms with E-state index in [9.17, 15) is 19.7 Å². The largest absolute Gasteiger partial charge is 0.366 e. The lowest BCUT2D eigenvalue weighted by molar-refractivity contribution is -0.387. The number of primary amides is 1. The molecule has 1 fully saturated rings. The fraction of sp³-hybridized carbons (Fsp3) is 0.474. The number of piperidine rings is 1. The van der Waals surface area contributed by atoms with Gasteiger partial charge >= 0.3 is 0 Å². The Balaban J connectivity index is 1.84. The van der Waals surface area contributed by atoms with Gasteiger partial charge < -0.3 is 11.1 Å². The Labute approximate surface area is 168 Å². The zero-order chi connectivity index (χ0) is 20.7. The van der Waals surface area contributed by atoms with Crippen molar-refractivity contribution in [2.45, 2.75) is 37.6 Å². The molecule has 0 saturated carbocycles. The molecule has 152 valence electrons. The minimum Gasteiger partial charge on any atom is -0.366 e. The number of carbonyl (C=O) groups excluding carboxylic acids is 2. The highest BCUT2D eigenvalue weighted by atomic mass is 32.2. The third-order valence-electron chi connectivity index (χ3n) is 4.51. The van der Waals surface area contributed by atoms with Crippen LogP contribution in [-0.4, -0.2) is 53.1 Å². The number of nitro groups is 1. The van der Waals surface area contributed by atoms with Crippen molar-refractivity contribution in [3.8, 4) is 0 Å². The van der Waals surface area contributed by atoms with E-state index in [1.165, 1.54) is 17.7 Å². The zero-order valence-corrected chi connectivity index (χ0v) is 17.0. The van der Waals surface area contributed by atoms with Gasteiger partial charge in [0.05, 0.1) is 15.6 Å². The van der Waals surface area contributed by atoms with E-state index in [2.05, 4.69) is 30.1 Å². The minimum absolute atomic E-state index is 0.0698. The molecule has 0 spiro atoms. The van der Waals surface area contributed by atoms with Crippen LogP contribution >= 0.6 is 11.8 Å². The summed E-state index contributed by atoms with van der Waals surface area (Å²) < 4.78 is 0. The topological polar surface area (TPSA) is 119 Å². The van der Waals surface area contributed by atoms with Gasteiger partial charge in [0.25, 0.3) is 5.69 Å². The van der Waals surface area contributed by atoms with Gasteiger partial charge in [-0.2, -0.15) is 0 Å². The Bertz CT molecular complexity index is 769. The summed E-state index contributed by atoms with van der Waals surface area (Å²) in [5.74, 6) is -0.802. The number of hydrogen-bond donors (Lipinski definition) is 2. The maximum Gasteiger partial charge on any atom is 0.283 e. The van der Waals surface area contributed by atoms with Crippen molar-refractivity contribution in [3.63, 3.8) is 0 Å². The zero-order valence-electron chi connectivity index (χ0n) is 16.1. The molecule has 1 aromatic carbocycles. The molecular weight excluding hydrogens is 380 g/mol. The lowest BCUT2D eigenvalue weighted by Crippen LogP contribution is -2.45. The van der Waals surface area contributed by atoms with Crippen LogP contribution in [0.25, 0.3) is 0 Å². The number of nitro benzene ring substituents is 1.